The molecule has 0 unspecified atom stereocenters. The summed E-state index contributed by atoms with van der Waals surface area (Å²) in [4.78, 5) is 16.9. The number of ketones is 1. The molecule has 0 aromatic carbocycles. The number of piperazine rings is 1. The van der Waals surface area contributed by atoms with Crippen LogP contribution in [0.25, 0.3) is 0 Å². The largest absolute Gasteiger partial charge is 0.300 e. The molecule has 0 radical (unpaired) electrons. The summed E-state index contributed by atoms with van der Waals surface area (Å²) in [6.07, 6.45) is 7.57. The van der Waals surface area contributed by atoms with Crippen molar-refractivity contribution < 1.29 is 4.79 Å². The second-order valence-corrected chi connectivity index (χ2v) is 7.42. The Morgan fingerprint density at radius 3 is 1.80 bits per heavy atom. The molecule has 20 heavy (non-hydrogen) atoms. The monoisotopic (exact) mass is 278 g/mol. The van der Waals surface area contributed by atoms with E-state index in [4.69, 9.17) is 0 Å². The predicted molar refractivity (Wildman–Crippen MR) is 81.8 cm³/mol. The standard InChI is InChI=1S/C17H30N2O/c1-13-11-17(12-13)19-9-7-18(8-10-19)16-5-3-15(4-6-16)14(2)20/h13,15-17H,3-12H2,1-2H3. The van der Waals surface area contributed by atoms with Crippen LogP contribution in [0.2, 0.25) is 0 Å². The van der Waals surface area contributed by atoms with Crippen molar-refractivity contribution in [1.29, 1.82) is 0 Å². The maximum Gasteiger partial charge on any atom is 0.132 e. The molecule has 0 bridgehead atoms. The van der Waals surface area contributed by atoms with Crippen LogP contribution in [0.5, 0.6) is 0 Å². The summed E-state index contributed by atoms with van der Waals surface area (Å²) < 4.78 is 0. The van der Waals surface area contributed by atoms with E-state index in [2.05, 4.69) is 16.7 Å². The van der Waals surface area contributed by atoms with Crippen LogP contribution in [0.15, 0.2) is 0 Å². The summed E-state index contributed by atoms with van der Waals surface area (Å²) in [5, 5.41) is 0. The number of carbonyl (C=O) groups is 1. The van der Waals surface area contributed by atoms with Gasteiger partial charge in [-0.3, -0.25) is 14.6 Å². The highest BCUT2D eigenvalue weighted by molar-refractivity contribution is 5.78. The highest BCUT2D eigenvalue weighted by Gasteiger charge is 2.34. The van der Waals surface area contributed by atoms with Crippen LogP contribution < -0.4 is 0 Å². The van der Waals surface area contributed by atoms with E-state index in [1.807, 2.05) is 0 Å². The van der Waals surface area contributed by atoms with Gasteiger partial charge < -0.3 is 0 Å². The van der Waals surface area contributed by atoms with Crippen molar-refractivity contribution >= 4 is 5.78 Å². The van der Waals surface area contributed by atoms with Gasteiger partial charge in [-0.15, -0.1) is 0 Å². The fraction of sp³-hybridized carbons (Fsp3) is 0.941. The Kier molecular flexibility index (Phi) is 4.46. The van der Waals surface area contributed by atoms with Gasteiger partial charge in [-0.2, -0.15) is 0 Å². The quantitative estimate of drug-likeness (QED) is 0.792. The number of nitrogens with zero attached hydrogens (tertiary/aromatic N) is 2. The first-order valence-corrected chi connectivity index (χ1v) is 8.62. The van der Waals surface area contributed by atoms with Gasteiger partial charge >= 0.3 is 0 Å². The lowest BCUT2D eigenvalue weighted by atomic mass is 9.80. The lowest BCUT2D eigenvalue weighted by Crippen LogP contribution is -2.56. The minimum atomic E-state index is 0.365. The van der Waals surface area contributed by atoms with Crippen LogP contribution in [0.3, 0.4) is 0 Å². The Morgan fingerprint density at radius 2 is 1.35 bits per heavy atom. The van der Waals surface area contributed by atoms with Crippen molar-refractivity contribution in [3.8, 4) is 0 Å². The van der Waals surface area contributed by atoms with E-state index in [0.29, 0.717) is 11.7 Å². The van der Waals surface area contributed by atoms with Gasteiger partial charge in [-0.05, 0) is 51.4 Å². The molecule has 0 spiro atoms. The molecule has 0 aromatic heterocycles. The van der Waals surface area contributed by atoms with Crippen molar-refractivity contribution in [2.24, 2.45) is 11.8 Å². The highest BCUT2D eigenvalue weighted by Crippen LogP contribution is 2.33. The zero-order valence-corrected chi connectivity index (χ0v) is 13.2. The molecule has 3 nitrogen and oxygen atoms in total. The molecule has 2 saturated carbocycles. The Labute approximate surface area is 123 Å². The van der Waals surface area contributed by atoms with Crippen molar-refractivity contribution in [2.75, 3.05) is 26.2 Å². The number of carbonyl (C=O) groups excluding carboxylic acids is 1. The molecule has 3 heteroatoms. The van der Waals surface area contributed by atoms with E-state index in [1.54, 1.807) is 6.92 Å². The minimum Gasteiger partial charge on any atom is -0.300 e. The number of rotatable bonds is 3. The van der Waals surface area contributed by atoms with Gasteiger partial charge in [0.1, 0.15) is 5.78 Å². The second kappa shape index (κ2) is 6.15. The summed E-state index contributed by atoms with van der Waals surface area (Å²) in [5.41, 5.74) is 0. The van der Waals surface area contributed by atoms with Crippen molar-refractivity contribution in [3.63, 3.8) is 0 Å². The molecule has 114 valence electrons. The fourth-order valence-electron chi connectivity index (χ4n) is 4.47. The second-order valence-electron chi connectivity index (χ2n) is 7.42. The van der Waals surface area contributed by atoms with E-state index in [1.165, 1.54) is 51.9 Å². The summed E-state index contributed by atoms with van der Waals surface area (Å²) in [7, 11) is 0. The van der Waals surface area contributed by atoms with Crippen LogP contribution >= 0.6 is 0 Å². The molecule has 2 aliphatic carbocycles. The molecule has 0 amide bonds. The molecule has 0 N–H and O–H groups in total. The summed E-state index contributed by atoms with van der Waals surface area (Å²) >= 11 is 0. The van der Waals surface area contributed by atoms with Gasteiger partial charge in [0, 0.05) is 44.2 Å². The van der Waals surface area contributed by atoms with Gasteiger partial charge in [0.2, 0.25) is 0 Å². The topological polar surface area (TPSA) is 23.6 Å². The van der Waals surface area contributed by atoms with Crippen LogP contribution in [0.1, 0.15) is 52.4 Å². The van der Waals surface area contributed by atoms with Crippen LogP contribution in [0, 0.1) is 11.8 Å². The van der Waals surface area contributed by atoms with Crippen LogP contribution in [-0.2, 0) is 4.79 Å². The molecule has 3 aliphatic rings. The SMILES string of the molecule is CC(=O)C1CCC(N2CCN(C3CC(C)C3)CC2)CC1. The minimum absolute atomic E-state index is 0.365. The fourth-order valence-corrected chi connectivity index (χ4v) is 4.47. The average Bonchev–Trinajstić information content (AvgIpc) is 2.44. The molecule has 3 rings (SSSR count). The van der Waals surface area contributed by atoms with Gasteiger partial charge in [0.15, 0.2) is 0 Å². The highest BCUT2D eigenvalue weighted by atomic mass is 16.1. The molecule has 0 atom stereocenters. The first-order chi connectivity index (χ1) is 9.63. The number of Topliss-reactive ketones (excluding diaryl/α,β-unsaturated/α-hetero) is 1. The lowest BCUT2D eigenvalue weighted by molar-refractivity contribution is -0.122. The molecule has 1 aliphatic heterocycles. The Balaban J connectivity index is 1.41. The maximum absolute atomic E-state index is 11.4. The third-order valence-electron chi connectivity index (χ3n) is 6.00. The van der Waals surface area contributed by atoms with Crippen LogP contribution in [-0.4, -0.2) is 53.8 Å². The first kappa shape index (κ1) is 14.5. The lowest BCUT2D eigenvalue weighted by Gasteiger charge is -2.47. The smallest absolute Gasteiger partial charge is 0.132 e. The van der Waals surface area contributed by atoms with Crippen molar-refractivity contribution in [2.45, 2.75) is 64.5 Å². The van der Waals surface area contributed by atoms with Gasteiger partial charge in [0.25, 0.3) is 0 Å². The molecule has 3 fully saturated rings. The average molecular weight is 278 g/mol. The summed E-state index contributed by atoms with van der Waals surface area (Å²) in [5.74, 6) is 1.73. The van der Waals surface area contributed by atoms with Crippen LogP contribution in [0.4, 0.5) is 0 Å². The van der Waals surface area contributed by atoms with Gasteiger partial charge in [0.05, 0.1) is 0 Å². The predicted octanol–water partition coefficient (Wildman–Crippen LogP) is 2.55. The molecular formula is C17H30N2O. The maximum atomic E-state index is 11.4. The third kappa shape index (κ3) is 3.09. The van der Waals surface area contributed by atoms with Gasteiger partial charge in [-0.25, -0.2) is 0 Å². The normalized spacial score (nSPS) is 40.3. The zero-order valence-electron chi connectivity index (χ0n) is 13.2. The van der Waals surface area contributed by atoms with E-state index in [9.17, 15) is 4.79 Å². The zero-order chi connectivity index (χ0) is 14.1. The first-order valence-electron chi connectivity index (χ1n) is 8.62. The van der Waals surface area contributed by atoms with Crippen molar-refractivity contribution in [1.82, 2.24) is 9.80 Å². The number of hydrogen-bond donors (Lipinski definition) is 0. The summed E-state index contributed by atoms with van der Waals surface area (Å²) in [6, 6.07) is 1.65. The third-order valence-corrected chi connectivity index (χ3v) is 6.00. The van der Waals surface area contributed by atoms with E-state index < -0.39 is 0 Å². The van der Waals surface area contributed by atoms with E-state index in [-0.39, 0.29) is 0 Å². The molecule has 1 heterocycles. The van der Waals surface area contributed by atoms with Gasteiger partial charge in [-0.1, -0.05) is 6.92 Å². The molecule has 0 aromatic rings. The molecule has 1 saturated heterocycles. The summed E-state index contributed by atoms with van der Waals surface area (Å²) in [6.45, 7) is 9.18. The molecular weight excluding hydrogens is 248 g/mol. The van der Waals surface area contributed by atoms with E-state index in [0.717, 1.165) is 30.8 Å². The van der Waals surface area contributed by atoms with E-state index >= 15 is 0 Å². The Morgan fingerprint density at radius 1 is 0.850 bits per heavy atom. The Hall–Kier alpha value is -0.410. The van der Waals surface area contributed by atoms with Crippen molar-refractivity contribution in [3.05, 3.63) is 0 Å². The Bertz CT molecular complexity index is 335. The number of hydrogen-bond acceptors (Lipinski definition) is 3.